The molecule has 1 amide bonds. The highest BCUT2D eigenvalue weighted by molar-refractivity contribution is 7.89. The molecule has 10 nitrogen and oxygen atoms in total. The Morgan fingerprint density at radius 3 is 2.43 bits per heavy atom. The fraction of sp³-hybridized carbons (Fsp3) is 0.406. The fourth-order valence-electron chi connectivity index (χ4n) is 5.23. The summed E-state index contributed by atoms with van der Waals surface area (Å²) in [7, 11) is -1.11. The van der Waals surface area contributed by atoms with Crippen LogP contribution < -0.4 is 9.47 Å². The van der Waals surface area contributed by atoms with Gasteiger partial charge in [-0.05, 0) is 73.1 Å². The van der Waals surface area contributed by atoms with Gasteiger partial charge in [-0.3, -0.25) is 14.6 Å². The molecule has 2 aromatic carbocycles. The third kappa shape index (κ3) is 8.32. The van der Waals surface area contributed by atoms with Crippen molar-refractivity contribution >= 4 is 45.1 Å². The maximum absolute atomic E-state index is 13.8. The topological polar surface area (TPSA) is 115 Å². The molecule has 2 fully saturated rings. The number of nitrogens with zero attached hydrogens (tertiary/aromatic N) is 3. The number of sulfonamides is 1. The van der Waals surface area contributed by atoms with E-state index in [9.17, 15) is 26.8 Å². The van der Waals surface area contributed by atoms with Crippen LogP contribution in [0.2, 0.25) is 10.0 Å². The van der Waals surface area contributed by atoms with Gasteiger partial charge in [0.1, 0.15) is 12.1 Å². The summed E-state index contributed by atoms with van der Waals surface area (Å²) in [5.41, 5.74) is 0.948. The first-order chi connectivity index (χ1) is 22.3. The zero-order valence-electron chi connectivity index (χ0n) is 25.6. The van der Waals surface area contributed by atoms with Crippen LogP contribution in [-0.2, 0) is 26.0 Å². The highest BCUT2D eigenvalue weighted by Gasteiger charge is 2.41. The van der Waals surface area contributed by atoms with Crippen molar-refractivity contribution in [1.82, 2.24) is 14.2 Å². The maximum atomic E-state index is 13.8. The molecule has 47 heavy (non-hydrogen) atoms. The number of amides is 1. The molecule has 0 radical (unpaired) electrons. The SMILES string of the molecule is CN(C)C(=O)c1cccc(S(=O)(=O)N2CCC[C@@H]2C(=O)O[C@@H](Cc2c(Cl)cncc2Cl)c2ccc(OC(F)F)c(OCC3CC3)c2)c1. The summed E-state index contributed by atoms with van der Waals surface area (Å²) in [5, 5.41) is 0.414. The summed E-state index contributed by atoms with van der Waals surface area (Å²) in [6.07, 6.45) is 4.13. The lowest BCUT2D eigenvalue weighted by molar-refractivity contribution is -0.153. The van der Waals surface area contributed by atoms with E-state index in [1.807, 2.05) is 0 Å². The van der Waals surface area contributed by atoms with E-state index in [0.29, 0.717) is 30.1 Å². The largest absolute Gasteiger partial charge is 0.489 e. The van der Waals surface area contributed by atoms with Crippen LogP contribution in [0.5, 0.6) is 11.5 Å². The van der Waals surface area contributed by atoms with E-state index in [-0.39, 0.29) is 57.3 Å². The van der Waals surface area contributed by atoms with Gasteiger partial charge in [0, 0.05) is 45.0 Å². The van der Waals surface area contributed by atoms with Gasteiger partial charge in [0.25, 0.3) is 5.91 Å². The van der Waals surface area contributed by atoms with Crippen LogP contribution in [0.15, 0.2) is 59.8 Å². The second-order valence-electron chi connectivity index (χ2n) is 11.6. The van der Waals surface area contributed by atoms with Crippen LogP contribution in [-0.4, -0.2) is 74.4 Å². The van der Waals surface area contributed by atoms with E-state index < -0.39 is 34.7 Å². The second-order valence-corrected chi connectivity index (χ2v) is 14.3. The predicted molar refractivity (Wildman–Crippen MR) is 169 cm³/mol. The van der Waals surface area contributed by atoms with Crippen LogP contribution in [0.25, 0.3) is 0 Å². The Balaban J connectivity index is 1.46. The van der Waals surface area contributed by atoms with Crippen LogP contribution >= 0.6 is 23.2 Å². The molecule has 0 bridgehead atoms. The predicted octanol–water partition coefficient (Wildman–Crippen LogP) is 6.16. The van der Waals surface area contributed by atoms with Crippen molar-refractivity contribution in [3.05, 3.63) is 81.6 Å². The zero-order valence-corrected chi connectivity index (χ0v) is 27.9. The Morgan fingerprint density at radius 1 is 1.04 bits per heavy atom. The number of aromatic nitrogens is 1. The minimum absolute atomic E-state index is 0.0416. The number of alkyl halides is 2. The van der Waals surface area contributed by atoms with Crippen molar-refractivity contribution < 1.29 is 41.0 Å². The molecule has 1 saturated carbocycles. The Labute approximate surface area is 281 Å². The number of carbonyl (C=O) groups is 2. The van der Waals surface area contributed by atoms with Gasteiger partial charge in [-0.1, -0.05) is 35.3 Å². The zero-order chi connectivity index (χ0) is 33.9. The van der Waals surface area contributed by atoms with Gasteiger partial charge in [0.15, 0.2) is 11.5 Å². The summed E-state index contributed by atoms with van der Waals surface area (Å²) in [6, 6.07) is 8.66. The van der Waals surface area contributed by atoms with Crippen LogP contribution in [0.1, 0.15) is 53.3 Å². The summed E-state index contributed by atoms with van der Waals surface area (Å²) in [5.74, 6) is -1.04. The lowest BCUT2D eigenvalue weighted by atomic mass is 10.0. The van der Waals surface area contributed by atoms with Crippen molar-refractivity contribution in [2.45, 2.75) is 55.8 Å². The van der Waals surface area contributed by atoms with Gasteiger partial charge in [0.2, 0.25) is 10.0 Å². The molecule has 1 aliphatic heterocycles. The first-order valence-corrected chi connectivity index (χ1v) is 17.1. The number of hydrogen-bond acceptors (Lipinski definition) is 8. The fourth-order valence-corrected chi connectivity index (χ4v) is 7.45. The normalized spacial score (nSPS) is 17.4. The number of halogens is 4. The lowest BCUT2D eigenvalue weighted by Gasteiger charge is -2.26. The summed E-state index contributed by atoms with van der Waals surface area (Å²) < 4.78 is 71.5. The van der Waals surface area contributed by atoms with Gasteiger partial charge in [-0.15, -0.1) is 0 Å². The average molecular weight is 713 g/mol. The molecule has 0 spiro atoms. The molecule has 1 aliphatic carbocycles. The minimum Gasteiger partial charge on any atom is -0.489 e. The molecule has 2 atom stereocenters. The van der Waals surface area contributed by atoms with Crippen LogP contribution in [0.3, 0.4) is 0 Å². The smallest absolute Gasteiger partial charge is 0.387 e. The van der Waals surface area contributed by atoms with Crippen molar-refractivity contribution in [3.8, 4) is 11.5 Å². The van der Waals surface area contributed by atoms with Gasteiger partial charge in [-0.2, -0.15) is 13.1 Å². The third-order valence-corrected chi connectivity index (χ3v) is 10.5. The van der Waals surface area contributed by atoms with Crippen LogP contribution in [0, 0.1) is 5.92 Å². The standard InChI is InChI=1S/C32H33Cl2F2N3O7S/c1-38(2)30(40)21-5-3-6-22(13-21)47(42,43)39-12-4-7-26(39)31(41)45-28(15-23-24(33)16-37-17-25(23)34)20-10-11-27(46-32(35)36)29(14-20)44-18-19-8-9-19/h3,5-6,10-11,13-14,16-17,19,26,28,32H,4,7-9,12,15,18H2,1-2H3/t26-,28+/m1/s1. The second kappa shape index (κ2) is 14.7. The minimum atomic E-state index is -4.22. The van der Waals surface area contributed by atoms with E-state index in [1.54, 1.807) is 14.1 Å². The van der Waals surface area contributed by atoms with Gasteiger partial charge >= 0.3 is 12.6 Å². The molecule has 0 unspecified atom stereocenters. The molecule has 252 valence electrons. The van der Waals surface area contributed by atoms with Gasteiger partial charge in [-0.25, -0.2) is 8.42 Å². The number of esters is 1. The number of hydrogen-bond donors (Lipinski definition) is 0. The Hall–Kier alpha value is -3.52. The number of ether oxygens (including phenoxy) is 3. The number of benzene rings is 2. The third-order valence-electron chi connectivity index (χ3n) is 7.90. The summed E-state index contributed by atoms with van der Waals surface area (Å²) >= 11 is 12.8. The monoisotopic (exact) mass is 711 g/mol. The summed E-state index contributed by atoms with van der Waals surface area (Å²) in [4.78, 5) is 31.5. The molecular formula is C32H33Cl2F2N3O7S. The average Bonchev–Trinajstić information content (AvgIpc) is 3.72. The molecular weight excluding hydrogens is 679 g/mol. The van der Waals surface area contributed by atoms with Crippen molar-refractivity contribution in [3.63, 3.8) is 0 Å². The van der Waals surface area contributed by atoms with Gasteiger partial charge in [0.05, 0.1) is 21.5 Å². The van der Waals surface area contributed by atoms with Gasteiger partial charge < -0.3 is 19.1 Å². The molecule has 0 N–H and O–H groups in total. The number of pyridine rings is 1. The number of carbonyl (C=O) groups excluding carboxylic acids is 2. The van der Waals surface area contributed by atoms with Crippen LogP contribution in [0.4, 0.5) is 8.78 Å². The highest BCUT2D eigenvalue weighted by Crippen LogP contribution is 2.38. The number of rotatable bonds is 13. The molecule has 15 heteroatoms. The van der Waals surface area contributed by atoms with E-state index >= 15 is 0 Å². The van der Waals surface area contributed by atoms with Crippen molar-refractivity contribution in [2.24, 2.45) is 5.92 Å². The quantitative estimate of drug-likeness (QED) is 0.194. The van der Waals surface area contributed by atoms with E-state index in [4.69, 9.17) is 32.7 Å². The van der Waals surface area contributed by atoms with E-state index in [1.165, 1.54) is 59.8 Å². The summed E-state index contributed by atoms with van der Waals surface area (Å²) in [6.45, 7) is -2.74. The van der Waals surface area contributed by atoms with E-state index in [2.05, 4.69) is 9.72 Å². The first-order valence-electron chi connectivity index (χ1n) is 14.9. The van der Waals surface area contributed by atoms with E-state index in [0.717, 1.165) is 17.1 Å². The molecule has 2 heterocycles. The van der Waals surface area contributed by atoms with Crippen molar-refractivity contribution in [1.29, 1.82) is 0 Å². The Bertz CT molecular complexity index is 1720. The first kappa shape index (κ1) is 34.8. The molecule has 2 aliphatic rings. The molecule has 3 aromatic rings. The Kier molecular flexibility index (Phi) is 10.9. The maximum Gasteiger partial charge on any atom is 0.387 e. The molecule has 1 saturated heterocycles. The molecule has 5 rings (SSSR count). The van der Waals surface area contributed by atoms with Crippen molar-refractivity contribution in [2.75, 3.05) is 27.2 Å². The Morgan fingerprint density at radius 2 is 1.77 bits per heavy atom. The molecule has 1 aromatic heterocycles. The highest BCUT2D eigenvalue weighted by atomic mass is 35.5. The lowest BCUT2D eigenvalue weighted by Crippen LogP contribution is -2.42.